The number of aryl methyl sites for hydroxylation is 1. The third-order valence-corrected chi connectivity index (χ3v) is 3.54. The van der Waals surface area contributed by atoms with Crippen LogP contribution in [0.4, 0.5) is 0 Å². The molecule has 1 saturated carbocycles. The van der Waals surface area contributed by atoms with Crippen LogP contribution < -0.4 is 0 Å². The second-order valence-electron chi connectivity index (χ2n) is 4.99. The van der Waals surface area contributed by atoms with Crippen LogP contribution in [0.2, 0.25) is 0 Å². The molecule has 3 atom stereocenters. The van der Waals surface area contributed by atoms with Crippen LogP contribution in [0, 0.1) is 6.92 Å². The molecule has 90 valence electrons. The molecule has 2 aliphatic rings. The van der Waals surface area contributed by atoms with Gasteiger partial charge in [0.25, 0.3) is 0 Å². The van der Waals surface area contributed by atoms with Gasteiger partial charge >= 0.3 is 0 Å². The monoisotopic (exact) mass is 231 g/mol. The van der Waals surface area contributed by atoms with E-state index in [1.54, 1.807) is 0 Å². The second-order valence-corrected chi connectivity index (χ2v) is 4.99. The van der Waals surface area contributed by atoms with Crippen LogP contribution in [-0.4, -0.2) is 29.3 Å². The van der Waals surface area contributed by atoms with E-state index >= 15 is 0 Å². The summed E-state index contributed by atoms with van der Waals surface area (Å²) in [5, 5.41) is 9.63. The van der Waals surface area contributed by atoms with Gasteiger partial charge in [-0.2, -0.15) is 0 Å². The van der Waals surface area contributed by atoms with Crippen molar-refractivity contribution in [3.8, 4) is 0 Å². The molecular formula is C14H17NO2. The van der Waals surface area contributed by atoms with E-state index in [2.05, 4.69) is 24.0 Å². The fraction of sp³-hybridized carbons (Fsp3) is 0.500. The van der Waals surface area contributed by atoms with E-state index in [-0.39, 0.29) is 18.2 Å². The van der Waals surface area contributed by atoms with E-state index in [1.165, 1.54) is 5.56 Å². The van der Waals surface area contributed by atoms with Gasteiger partial charge in [-0.15, -0.1) is 0 Å². The fourth-order valence-corrected chi connectivity index (χ4v) is 2.61. The Bertz CT molecular complexity index is 455. The first-order valence-electron chi connectivity index (χ1n) is 6.22. The fourth-order valence-electron chi connectivity index (χ4n) is 2.61. The molecule has 1 N–H and O–H groups in total. The summed E-state index contributed by atoms with van der Waals surface area (Å²) < 4.78 is 5.87. The molecule has 3 unspecified atom stereocenters. The summed E-state index contributed by atoms with van der Waals surface area (Å²) in [5.41, 5.74) is 2.26. The summed E-state index contributed by atoms with van der Waals surface area (Å²) in [6, 6.07) is 8.45. The maximum absolute atomic E-state index is 9.63. The standard InChI is InChI=1S/C14H17NO2/c1-9-3-2-4-10(7-9)14-15-12-6-5-11(16)8-13(12)17-14/h2-4,7,11-13,16H,5-6,8H2,1H3. The molecular weight excluding hydrogens is 214 g/mol. The molecule has 1 heterocycles. The predicted octanol–water partition coefficient (Wildman–Crippen LogP) is 2.05. The van der Waals surface area contributed by atoms with Gasteiger partial charge in [-0.3, -0.25) is 0 Å². The van der Waals surface area contributed by atoms with Crippen molar-refractivity contribution in [1.82, 2.24) is 0 Å². The zero-order chi connectivity index (χ0) is 11.8. The van der Waals surface area contributed by atoms with Gasteiger partial charge in [-0.1, -0.05) is 17.7 Å². The van der Waals surface area contributed by atoms with Crippen molar-refractivity contribution in [2.75, 3.05) is 0 Å². The highest BCUT2D eigenvalue weighted by atomic mass is 16.5. The van der Waals surface area contributed by atoms with E-state index in [0.717, 1.165) is 24.3 Å². The molecule has 0 amide bonds. The molecule has 1 fully saturated rings. The van der Waals surface area contributed by atoms with Gasteiger partial charge in [0, 0.05) is 12.0 Å². The highest BCUT2D eigenvalue weighted by Gasteiger charge is 2.36. The lowest BCUT2D eigenvalue weighted by Gasteiger charge is -2.26. The van der Waals surface area contributed by atoms with Gasteiger partial charge in [0.2, 0.25) is 5.90 Å². The molecule has 0 spiro atoms. The molecule has 1 aliphatic heterocycles. The van der Waals surface area contributed by atoms with Gasteiger partial charge in [-0.25, -0.2) is 4.99 Å². The van der Waals surface area contributed by atoms with E-state index in [0.29, 0.717) is 6.42 Å². The number of aliphatic hydroxyl groups excluding tert-OH is 1. The molecule has 0 radical (unpaired) electrons. The second kappa shape index (κ2) is 4.15. The Kier molecular flexibility index (Phi) is 2.63. The number of rotatable bonds is 1. The highest BCUT2D eigenvalue weighted by Crippen LogP contribution is 2.30. The number of hydrogen-bond acceptors (Lipinski definition) is 3. The van der Waals surface area contributed by atoms with Gasteiger partial charge < -0.3 is 9.84 Å². The highest BCUT2D eigenvalue weighted by molar-refractivity contribution is 5.95. The van der Waals surface area contributed by atoms with Crippen molar-refractivity contribution < 1.29 is 9.84 Å². The third kappa shape index (κ3) is 2.07. The molecule has 3 nitrogen and oxygen atoms in total. The van der Waals surface area contributed by atoms with Crippen LogP contribution in [0.3, 0.4) is 0 Å². The Morgan fingerprint density at radius 1 is 1.35 bits per heavy atom. The zero-order valence-electron chi connectivity index (χ0n) is 9.97. The molecule has 1 aromatic carbocycles. The quantitative estimate of drug-likeness (QED) is 0.803. The van der Waals surface area contributed by atoms with E-state index < -0.39 is 0 Å². The molecule has 17 heavy (non-hydrogen) atoms. The average molecular weight is 231 g/mol. The van der Waals surface area contributed by atoms with Crippen molar-refractivity contribution in [3.63, 3.8) is 0 Å². The largest absolute Gasteiger partial charge is 0.472 e. The SMILES string of the molecule is Cc1cccc(C2=NC3CCC(O)CC3O2)c1. The summed E-state index contributed by atoms with van der Waals surface area (Å²) in [6.07, 6.45) is 2.34. The summed E-state index contributed by atoms with van der Waals surface area (Å²) in [5.74, 6) is 0.748. The molecule has 0 aromatic heterocycles. The number of benzene rings is 1. The van der Waals surface area contributed by atoms with Crippen LogP contribution in [0.25, 0.3) is 0 Å². The van der Waals surface area contributed by atoms with Crippen molar-refractivity contribution in [1.29, 1.82) is 0 Å². The number of aliphatic hydroxyl groups is 1. The normalized spacial score (nSPS) is 31.6. The molecule has 1 aromatic rings. The summed E-state index contributed by atoms with van der Waals surface area (Å²) in [7, 11) is 0. The van der Waals surface area contributed by atoms with Crippen LogP contribution >= 0.6 is 0 Å². The average Bonchev–Trinajstić information content (AvgIpc) is 2.72. The third-order valence-electron chi connectivity index (χ3n) is 3.54. The lowest BCUT2D eigenvalue weighted by Crippen LogP contribution is -2.33. The van der Waals surface area contributed by atoms with Crippen molar-refractivity contribution in [3.05, 3.63) is 35.4 Å². The Labute approximate surface area is 101 Å². The molecule has 3 rings (SSSR count). The first-order chi connectivity index (χ1) is 8.22. The molecule has 0 saturated heterocycles. The Morgan fingerprint density at radius 3 is 3.06 bits per heavy atom. The first kappa shape index (κ1) is 10.8. The first-order valence-corrected chi connectivity index (χ1v) is 6.22. The lowest BCUT2D eigenvalue weighted by molar-refractivity contribution is 0.0507. The molecule has 3 heteroatoms. The van der Waals surface area contributed by atoms with E-state index in [4.69, 9.17) is 4.74 Å². The van der Waals surface area contributed by atoms with Crippen LogP contribution in [0.15, 0.2) is 29.3 Å². The van der Waals surface area contributed by atoms with Crippen LogP contribution in [0.1, 0.15) is 30.4 Å². The minimum atomic E-state index is -0.219. The van der Waals surface area contributed by atoms with Crippen molar-refractivity contribution in [2.24, 2.45) is 4.99 Å². The molecule has 1 aliphatic carbocycles. The predicted molar refractivity (Wildman–Crippen MR) is 66.2 cm³/mol. The summed E-state index contributed by atoms with van der Waals surface area (Å²) in [6.45, 7) is 2.07. The van der Waals surface area contributed by atoms with Gasteiger partial charge in [0.1, 0.15) is 6.10 Å². The number of aliphatic imine (C=N–C) groups is 1. The lowest BCUT2D eigenvalue weighted by atomic mass is 9.91. The number of hydrogen-bond donors (Lipinski definition) is 1. The van der Waals surface area contributed by atoms with Crippen LogP contribution in [0.5, 0.6) is 0 Å². The Hall–Kier alpha value is -1.35. The van der Waals surface area contributed by atoms with Gasteiger partial charge in [0.15, 0.2) is 0 Å². The maximum Gasteiger partial charge on any atom is 0.216 e. The van der Waals surface area contributed by atoms with E-state index in [9.17, 15) is 5.11 Å². The topological polar surface area (TPSA) is 41.8 Å². The van der Waals surface area contributed by atoms with Gasteiger partial charge in [0.05, 0.1) is 12.1 Å². The Morgan fingerprint density at radius 2 is 2.24 bits per heavy atom. The number of fused-ring (bicyclic) bond motifs is 1. The number of nitrogens with zero attached hydrogens (tertiary/aromatic N) is 1. The molecule has 0 bridgehead atoms. The smallest absolute Gasteiger partial charge is 0.216 e. The summed E-state index contributed by atoms with van der Waals surface area (Å²) in [4.78, 5) is 4.64. The maximum atomic E-state index is 9.63. The minimum Gasteiger partial charge on any atom is -0.472 e. The Balaban J connectivity index is 1.82. The van der Waals surface area contributed by atoms with Crippen molar-refractivity contribution >= 4 is 5.90 Å². The number of ether oxygens (including phenoxy) is 1. The van der Waals surface area contributed by atoms with Crippen LogP contribution in [-0.2, 0) is 4.74 Å². The van der Waals surface area contributed by atoms with Gasteiger partial charge in [-0.05, 0) is 31.9 Å². The zero-order valence-corrected chi connectivity index (χ0v) is 9.97. The van der Waals surface area contributed by atoms with Crippen molar-refractivity contribution in [2.45, 2.75) is 44.4 Å². The minimum absolute atomic E-state index is 0.0780. The van der Waals surface area contributed by atoms with E-state index in [1.807, 2.05) is 12.1 Å². The summed E-state index contributed by atoms with van der Waals surface area (Å²) >= 11 is 0.